The highest BCUT2D eigenvalue weighted by molar-refractivity contribution is 7.09. The van der Waals surface area contributed by atoms with Gasteiger partial charge < -0.3 is 19.9 Å². The van der Waals surface area contributed by atoms with Crippen molar-refractivity contribution in [2.45, 2.75) is 37.8 Å². The number of rotatable bonds is 13. The molecule has 0 aliphatic carbocycles. The van der Waals surface area contributed by atoms with Crippen molar-refractivity contribution in [2.24, 2.45) is 0 Å². The lowest BCUT2D eigenvalue weighted by molar-refractivity contribution is -0.140. The normalized spacial score (nSPS) is 12.7. The number of aliphatic carboxylic acids is 1. The van der Waals surface area contributed by atoms with E-state index in [0.29, 0.717) is 19.3 Å². The number of hydrogen-bond acceptors (Lipinski definition) is 7. The Balaban J connectivity index is 1.65. The molecule has 0 aliphatic heterocycles. The molecule has 0 unspecified atom stereocenters. The number of benzene rings is 1. The molecule has 0 spiro atoms. The Kier molecular flexibility index (Phi) is 8.73. The van der Waals surface area contributed by atoms with Crippen LogP contribution in [0.25, 0.3) is 0 Å². The highest BCUT2D eigenvalue weighted by Gasteiger charge is 2.26. The second-order valence-electron chi connectivity index (χ2n) is 7.39. The summed E-state index contributed by atoms with van der Waals surface area (Å²) in [6, 6.07) is 11.5. The first-order valence-corrected chi connectivity index (χ1v) is 11.3. The molecular weight excluding hydrogens is 446 g/mol. The Labute approximate surface area is 194 Å². The molecule has 9 nitrogen and oxygen atoms in total. The zero-order valence-corrected chi connectivity index (χ0v) is 18.6. The number of oxazole rings is 1. The van der Waals surface area contributed by atoms with Crippen molar-refractivity contribution >= 4 is 29.2 Å². The highest BCUT2D eigenvalue weighted by Crippen LogP contribution is 2.13. The monoisotopic (exact) mass is 471 g/mol. The van der Waals surface area contributed by atoms with Crippen LogP contribution in [0.4, 0.5) is 0 Å². The zero-order valence-electron chi connectivity index (χ0n) is 17.8. The maximum atomic E-state index is 13.0. The Morgan fingerprint density at radius 1 is 1.03 bits per heavy atom. The third kappa shape index (κ3) is 7.26. The molecule has 2 aromatic heterocycles. The second-order valence-corrected chi connectivity index (χ2v) is 8.42. The van der Waals surface area contributed by atoms with Gasteiger partial charge in [-0.2, -0.15) is 0 Å². The third-order valence-electron chi connectivity index (χ3n) is 5.05. The SMILES string of the molecule is O=C(O)c1ncoc1CCNC(=O)[C@H](Cc1ccccc1)N[C@@H](CCc1cccs1)C(=O)O. The molecule has 0 fully saturated rings. The predicted molar refractivity (Wildman–Crippen MR) is 121 cm³/mol. The number of aromatic nitrogens is 1. The number of aryl methyl sites for hydroxylation is 1. The third-order valence-corrected chi connectivity index (χ3v) is 5.99. The average molecular weight is 472 g/mol. The van der Waals surface area contributed by atoms with Crippen molar-refractivity contribution in [3.8, 4) is 0 Å². The van der Waals surface area contributed by atoms with Gasteiger partial charge in [-0.15, -0.1) is 11.3 Å². The van der Waals surface area contributed by atoms with Gasteiger partial charge >= 0.3 is 11.9 Å². The number of amides is 1. The van der Waals surface area contributed by atoms with Gasteiger partial charge in [-0.3, -0.25) is 14.9 Å². The average Bonchev–Trinajstić information content (AvgIpc) is 3.48. The van der Waals surface area contributed by atoms with Crippen LogP contribution in [-0.2, 0) is 28.9 Å². The molecule has 0 saturated carbocycles. The molecule has 1 amide bonds. The van der Waals surface area contributed by atoms with Crippen LogP contribution in [0.15, 0.2) is 58.7 Å². The first-order valence-electron chi connectivity index (χ1n) is 10.4. The summed E-state index contributed by atoms with van der Waals surface area (Å²) in [5, 5.41) is 26.5. The van der Waals surface area contributed by atoms with Gasteiger partial charge in [0, 0.05) is 17.8 Å². The van der Waals surface area contributed by atoms with Crippen molar-refractivity contribution in [1.82, 2.24) is 15.6 Å². The van der Waals surface area contributed by atoms with Crippen LogP contribution in [0.3, 0.4) is 0 Å². The molecule has 0 aliphatic rings. The fourth-order valence-electron chi connectivity index (χ4n) is 3.38. The largest absolute Gasteiger partial charge is 0.480 e. The molecule has 3 rings (SSSR count). The van der Waals surface area contributed by atoms with Gasteiger partial charge in [0.25, 0.3) is 0 Å². The number of nitrogens with one attached hydrogen (secondary N) is 2. The van der Waals surface area contributed by atoms with Crippen LogP contribution in [0.5, 0.6) is 0 Å². The number of thiophene rings is 1. The van der Waals surface area contributed by atoms with Gasteiger partial charge in [-0.25, -0.2) is 9.78 Å². The number of nitrogens with zero attached hydrogens (tertiary/aromatic N) is 1. The Morgan fingerprint density at radius 2 is 1.82 bits per heavy atom. The maximum absolute atomic E-state index is 13.0. The lowest BCUT2D eigenvalue weighted by atomic mass is 10.0. The minimum Gasteiger partial charge on any atom is -0.480 e. The Hall–Kier alpha value is -3.50. The molecule has 3 aromatic rings. The molecule has 2 atom stereocenters. The molecule has 0 bridgehead atoms. The quantitative estimate of drug-likeness (QED) is 0.298. The van der Waals surface area contributed by atoms with Gasteiger partial charge in [0.05, 0.1) is 6.04 Å². The minimum atomic E-state index is -1.20. The first-order chi connectivity index (χ1) is 15.9. The Morgan fingerprint density at radius 3 is 2.48 bits per heavy atom. The fraction of sp³-hybridized carbons (Fsp3) is 0.304. The second kappa shape index (κ2) is 11.9. The number of aromatic carboxylic acids is 1. The van der Waals surface area contributed by atoms with E-state index < -0.39 is 24.0 Å². The van der Waals surface area contributed by atoms with Gasteiger partial charge in [0.15, 0.2) is 12.1 Å². The number of hydrogen-bond donors (Lipinski definition) is 4. The molecular formula is C23H25N3O6S. The summed E-state index contributed by atoms with van der Waals surface area (Å²) >= 11 is 1.56. The van der Waals surface area contributed by atoms with Gasteiger partial charge in [-0.05, 0) is 36.3 Å². The molecule has 1 aromatic carbocycles. The summed E-state index contributed by atoms with van der Waals surface area (Å²) in [7, 11) is 0. The van der Waals surface area contributed by atoms with Gasteiger partial charge in [-0.1, -0.05) is 36.4 Å². The van der Waals surface area contributed by atoms with E-state index >= 15 is 0 Å². The number of carboxylic acids is 2. The van der Waals surface area contributed by atoms with Gasteiger partial charge in [0.1, 0.15) is 11.8 Å². The highest BCUT2D eigenvalue weighted by atomic mass is 32.1. The molecule has 0 saturated heterocycles. The van der Waals surface area contributed by atoms with Crippen LogP contribution in [0, 0.1) is 0 Å². The molecule has 2 heterocycles. The van der Waals surface area contributed by atoms with Crippen LogP contribution in [0.2, 0.25) is 0 Å². The van der Waals surface area contributed by atoms with E-state index in [4.69, 9.17) is 9.52 Å². The summed E-state index contributed by atoms with van der Waals surface area (Å²) in [4.78, 5) is 40.7. The molecule has 4 N–H and O–H groups in total. The molecule has 10 heteroatoms. The van der Waals surface area contributed by atoms with E-state index in [1.807, 2.05) is 47.8 Å². The van der Waals surface area contributed by atoms with Crippen molar-refractivity contribution < 1.29 is 29.0 Å². The molecule has 33 heavy (non-hydrogen) atoms. The van der Waals surface area contributed by atoms with Crippen molar-refractivity contribution in [2.75, 3.05) is 6.54 Å². The van der Waals surface area contributed by atoms with E-state index in [9.17, 15) is 19.5 Å². The fourth-order valence-corrected chi connectivity index (χ4v) is 4.11. The lowest BCUT2D eigenvalue weighted by Gasteiger charge is -2.23. The summed E-state index contributed by atoms with van der Waals surface area (Å²) in [6.45, 7) is 0.119. The number of carbonyl (C=O) groups is 3. The van der Waals surface area contributed by atoms with E-state index in [0.717, 1.165) is 16.8 Å². The van der Waals surface area contributed by atoms with Crippen molar-refractivity contribution in [1.29, 1.82) is 0 Å². The topological polar surface area (TPSA) is 142 Å². The van der Waals surface area contributed by atoms with Crippen molar-refractivity contribution in [3.05, 3.63) is 76.1 Å². The number of carbonyl (C=O) groups excluding carboxylic acids is 1. The molecule has 0 radical (unpaired) electrons. The summed E-state index contributed by atoms with van der Waals surface area (Å²) in [5.74, 6) is -2.44. The minimum absolute atomic E-state index is 0.119. The van der Waals surface area contributed by atoms with Crippen LogP contribution < -0.4 is 10.6 Å². The lowest BCUT2D eigenvalue weighted by Crippen LogP contribution is -2.52. The summed E-state index contributed by atoms with van der Waals surface area (Å²) < 4.78 is 5.09. The van der Waals surface area contributed by atoms with E-state index in [2.05, 4.69) is 15.6 Å². The van der Waals surface area contributed by atoms with E-state index in [1.54, 1.807) is 11.3 Å². The van der Waals surface area contributed by atoms with Crippen LogP contribution >= 0.6 is 11.3 Å². The number of carboxylic acid groups (broad SMARTS) is 2. The Bertz CT molecular complexity index is 1050. The summed E-state index contributed by atoms with van der Waals surface area (Å²) in [6.07, 6.45) is 2.43. The van der Waals surface area contributed by atoms with Crippen molar-refractivity contribution in [3.63, 3.8) is 0 Å². The summed E-state index contributed by atoms with van der Waals surface area (Å²) in [5.41, 5.74) is 0.693. The van der Waals surface area contributed by atoms with Crippen LogP contribution in [-0.4, -0.2) is 51.7 Å². The van der Waals surface area contributed by atoms with Crippen LogP contribution in [0.1, 0.15) is 33.1 Å². The van der Waals surface area contributed by atoms with Gasteiger partial charge in [0.2, 0.25) is 5.91 Å². The maximum Gasteiger partial charge on any atom is 0.358 e. The zero-order chi connectivity index (χ0) is 23.6. The first kappa shape index (κ1) is 24.1. The standard InChI is InChI=1S/C23H25N3O6S/c27-21(24-11-10-19-20(23(30)31)25-14-32-19)18(13-15-5-2-1-3-6-15)26-17(22(28)29)9-8-16-7-4-12-33-16/h1-7,12,14,17-18,26H,8-11,13H2,(H,24,27)(H,28,29)(H,30,31)/t17-,18-/m0/s1. The van der Waals surface area contributed by atoms with E-state index in [1.165, 1.54) is 0 Å². The van der Waals surface area contributed by atoms with E-state index in [-0.39, 0.29) is 30.3 Å². The smallest absolute Gasteiger partial charge is 0.358 e. The predicted octanol–water partition coefficient (Wildman–Crippen LogP) is 2.38. The molecule has 174 valence electrons.